The van der Waals surface area contributed by atoms with Crippen LogP contribution in [0.4, 0.5) is 5.69 Å². The zero-order chi connectivity index (χ0) is 18.9. The number of halogens is 1. The average Bonchev–Trinajstić information content (AvgIpc) is 3.45. The van der Waals surface area contributed by atoms with E-state index >= 15 is 0 Å². The third-order valence-electron chi connectivity index (χ3n) is 4.26. The molecule has 7 nitrogen and oxygen atoms in total. The Bertz CT molecular complexity index is 927. The molecule has 0 unspecified atom stereocenters. The van der Waals surface area contributed by atoms with Gasteiger partial charge in [0, 0.05) is 17.1 Å². The number of nitrogens with one attached hydrogen (secondary N) is 1. The van der Waals surface area contributed by atoms with Crippen molar-refractivity contribution >= 4 is 27.3 Å². The normalized spacial score (nSPS) is 15.5. The molecule has 1 fully saturated rings. The second kappa shape index (κ2) is 7.22. The first-order valence-electron chi connectivity index (χ1n) is 7.92. The van der Waals surface area contributed by atoms with Crippen LogP contribution in [0.1, 0.15) is 24.4 Å². The molecule has 3 rings (SSSR count). The first kappa shape index (κ1) is 18.6. The van der Waals surface area contributed by atoms with Crippen LogP contribution in [0.5, 0.6) is 5.75 Å². The van der Waals surface area contributed by atoms with E-state index in [9.17, 15) is 18.5 Å². The molecule has 0 bridgehead atoms. The number of nitro groups is 1. The van der Waals surface area contributed by atoms with Crippen LogP contribution in [-0.2, 0) is 10.0 Å². The molecule has 0 aliphatic heterocycles. The van der Waals surface area contributed by atoms with Crippen LogP contribution >= 0.6 is 11.6 Å². The lowest BCUT2D eigenvalue weighted by Gasteiger charge is -2.19. The molecule has 0 aromatic heterocycles. The Morgan fingerprint density at radius 1 is 1.23 bits per heavy atom. The van der Waals surface area contributed by atoms with E-state index in [1.165, 1.54) is 19.2 Å². The maximum Gasteiger partial charge on any atom is 0.312 e. The minimum Gasteiger partial charge on any atom is -0.490 e. The Morgan fingerprint density at radius 3 is 2.42 bits per heavy atom. The van der Waals surface area contributed by atoms with Gasteiger partial charge in [0.1, 0.15) is 0 Å². The number of nitrogens with zero attached hydrogens (tertiary/aromatic N) is 1. The van der Waals surface area contributed by atoms with E-state index in [0.29, 0.717) is 5.02 Å². The highest BCUT2D eigenvalue weighted by molar-refractivity contribution is 7.89. The van der Waals surface area contributed by atoms with Gasteiger partial charge in [-0.3, -0.25) is 10.1 Å². The number of nitro benzene ring substituents is 1. The molecule has 138 valence electrons. The summed E-state index contributed by atoms with van der Waals surface area (Å²) >= 11 is 5.90. The zero-order valence-corrected chi connectivity index (χ0v) is 15.5. The van der Waals surface area contributed by atoms with Gasteiger partial charge in [-0.25, -0.2) is 13.1 Å². The second-order valence-corrected chi connectivity index (χ2v) is 8.23. The van der Waals surface area contributed by atoms with Crippen LogP contribution in [0.25, 0.3) is 0 Å². The third-order valence-corrected chi connectivity index (χ3v) is 5.95. The molecule has 1 aliphatic rings. The van der Waals surface area contributed by atoms with Crippen LogP contribution in [0.3, 0.4) is 0 Å². The summed E-state index contributed by atoms with van der Waals surface area (Å²) in [5.74, 6) is 0.199. The highest BCUT2D eigenvalue weighted by Gasteiger charge is 2.36. The van der Waals surface area contributed by atoms with Crippen LogP contribution in [0.2, 0.25) is 5.02 Å². The molecular formula is C17H17ClN2O5S. The van der Waals surface area contributed by atoms with Gasteiger partial charge in [0.15, 0.2) is 5.75 Å². The van der Waals surface area contributed by atoms with Crippen LogP contribution < -0.4 is 9.46 Å². The molecule has 1 atom stereocenters. The van der Waals surface area contributed by atoms with E-state index in [0.717, 1.165) is 24.5 Å². The summed E-state index contributed by atoms with van der Waals surface area (Å²) in [4.78, 5) is 10.3. The van der Waals surface area contributed by atoms with E-state index < -0.39 is 26.7 Å². The maximum atomic E-state index is 12.8. The smallest absolute Gasteiger partial charge is 0.312 e. The molecule has 1 aliphatic carbocycles. The van der Waals surface area contributed by atoms with E-state index in [2.05, 4.69) is 4.72 Å². The summed E-state index contributed by atoms with van der Waals surface area (Å²) in [6.45, 7) is 0. The molecule has 2 aromatic carbocycles. The minimum absolute atomic E-state index is 0.00499. The number of hydrogen-bond acceptors (Lipinski definition) is 5. The molecule has 0 saturated heterocycles. The number of benzene rings is 2. The van der Waals surface area contributed by atoms with Gasteiger partial charge in [-0.15, -0.1) is 0 Å². The molecule has 9 heteroatoms. The van der Waals surface area contributed by atoms with Gasteiger partial charge in [0.25, 0.3) is 0 Å². The van der Waals surface area contributed by atoms with Crippen molar-refractivity contribution in [3.05, 3.63) is 63.2 Å². The lowest BCUT2D eigenvalue weighted by atomic mass is 10.0. The van der Waals surface area contributed by atoms with Crippen LogP contribution in [-0.4, -0.2) is 20.5 Å². The third kappa shape index (κ3) is 3.98. The van der Waals surface area contributed by atoms with Gasteiger partial charge in [0.2, 0.25) is 10.0 Å². The largest absolute Gasteiger partial charge is 0.490 e. The topological polar surface area (TPSA) is 98.5 Å². The van der Waals surface area contributed by atoms with E-state index in [-0.39, 0.29) is 16.6 Å². The molecule has 1 saturated carbocycles. The molecule has 2 aromatic rings. The molecule has 0 spiro atoms. The predicted octanol–water partition coefficient (Wildman–Crippen LogP) is 3.69. The molecule has 26 heavy (non-hydrogen) atoms. The number of sulfonamides is 1. The van der Waals surface area contributed by atoms with Gasteiger partial charge in [-0.05, 0) is 48.6 Å². The van der Waals surface area contributed by atoms with Crippen molar-refractivity contribution in [2.24, 2.45) is 5.92 Å². The van der Waals surface area contributed by atoms with Gasteiger partial charge < -0.3 is 4.74 Å². The summed E-state index contributed by atoms with van der Waals surface area (Å²) in [5.41, 5.74) is 0.410. The summed E-state index contributed by atoms with van der Waals surface area (Å²) < 4.78 is 33.2. The fourth-order valence-electron chi connectivity index (χ4n) is 2.75. The van der Waals surface area contributed by atoms with Crippen molar-refractivity contribution < 1.29 is 18.1 Å². The number of methoxy groups -OCH3 is 1. The molecule has 0 amide bonds. The standard InChI is InChI=1S/C17H17ClN2O5S/c1-25-16-9-8-14(10-15(16)20(21)22)26(23,24)19-17(11-2-3-11)12-4-6-13(18)7-5-12/h4-11,17,19H,2-3H2,1H3/t17-/m0/s1. The Balaban J connectivity index is 1.93. The lowest BCUT2D eigenvalue weighted by Crippen LogP contribution is -2.30. The lowest BCUT2D eigenvalue weighted by molar-refractivity contribution is -0.386. The SMILES string of the molecule is COc1ccc(S(=O)(=O)N[C@H](c2ccc(Cl)cc2)C2CC2)cc1[N+](=O)[O-]. The fraction of sp³-hybridized carbons (Fsp3) is 0.294. The van der Waals surface area contributed by atoms with Gasteiger partial charge in [-0.2, -0.15) is 0 Å². The minimum atomic E-state index is -3.95. The highest BCUT2D eigenvalue weighted by atomic mass is 35.5. The van der Waals surface area contributed by atoms with Crippen molar-refractivity contribution in [1.82, 2.24) is 4.72 Å². The molecular weight excluding hydrogens is 380 g/mol. The van der Waals surface area contributed by atoms with Crippen molar-refractivity contribution in [1.29, 1.82) is 0 Å². The predicted molar refractivity (Wildman–Crippen MR) is 96.9 cm³/mol. The van der Waals surface area contributed by atoms with Crippen molar-refractivity contribution in [3.8, 4) is 5.75 Å². The molecule has 0 radical (unpaired) electrons. The van der Waals surface area contributed by atoms with Crippen LogP contribution in [0, 0.1) is 16.0 Å². The van der Waals surface area contributed by atoms with E-state index in [1.54, 1.807) is 24.3 Å². The first-order valence-corrected chi connectivity index (χ1v) is 9.78. The Morgan fingerprint density at radius 2 is 1.88 bits per heavy atom. The highest BCUT2D eigenvalue weighted by Crippen LogP contribution is 2.42. The Labute approximate surface area is 156 Å². The number of hydrogen-bond donors (Lipinski definition) is 1. The first-order chi connectivity index (χ1) is 12.3. The summed E-state index contributed by atoms with van der Waals surface area (Å²) in [5, 5.41) is 11.7. The van der Waals surface area contributed by atoms with Gasteiger partial charge in [0.05, 0.1) is 16.9 Å². The Kier molecular flexibility index (Phi) is 5.17. The fourth-order valence-corrected chi connectivity index (χ4v) is 4.19. The van der Waals surface area contributed by atoms with Gasteiger partial charge >= 0.3 is 5.69 Å². The monoisotopic (exact) mass is 396 g/mol. The Hall–Kier alpha value is -2.16. The second-order valence-electron chi connectivity index (χ2n) is 6.08. The summed E-state index contributed by atoms with van der Waals surface area (Å²) in [6, 6.07) is 10.2. The van der Waals surface area contributed by atoms with Crippen LogP contribution in [0.15, 0.2) is 47.4 Å². The van der Waals surface area contributed by atoms with Gasteiger partial charge in [-0.1, -0.05) is 23.7 Å². The molecule has 1 N–H and O–H groups in total. The number of ether oxygens (including phenoxy) is 1. The quantitative estimate of drug-likeness (QED) is 0.568. The average molecular weight is 397 g/mol. The number of rotatable bonds is 7. The van der Waals surface area contributed by atoms with E-state index in [1.807, 2.05) is 0 Å². The summed E-state index contributed by atoms with van der Waals surface area (Å²) in [6.07, 6.45) is 1.83. The van der Waals surface area contributed by atoms with E-state index in [4.69, 9.17) is 16.3 Å². The maximum absolute atomic E-state index is 12.8. The van der Waals surface area contributed by atoms with Crippen molar-refractivity contribution in [2.45, 2.75) is 23.8 Å². The zero-order valence-electron chi connectivity index (χ0n) is 13.9. The van der Waals surface area contributed by atoms with Crippen molar-refractivity contribution in [2.75, 3.05) is 7.11 Å². The summed E-state index contributed by atoms with van der Waals surface area (Å²) in [7, 11) is -2.66. The molecule has 0 heterocycles. The van der Waals surface area contributed by atoms with Crippen molar-refractivity contribution in [3.63, 3.8) is 0 Å².